The highest BCUT2D eigenvalue weighted by molar-refractivity contribution is 7.99. The molecule has 1 amide bonds. The molecule has 0 bridgehead atoms. The van der Waals surface area contributed by atoms with Gasteiger partial charge in [-0.05, 0) is 43.0 Å². The lowest BCUT2D eigenvalue weighted by atomic mass is 10.1. The van der Waals surface area contributed by atoms with Crippen LogP contribution in [0.1, 0.15) is 25.3 Å². The molecule has 0 radical (unpaired) electrons. The van der Waals surface area contributed by atoms with E-state index in [0.717, 1.165) is 37.1 Å². The number of thioether (sulfide) groups is 1. The van der Waals surface area contributed by atoms with Crippen LogP contribution in [-0.4, -0.2) is 33.9 Å². The maximum Gasteiger partial charge on any atom is 0.262 e. The summed E-state index contributed by atoms with van der Waals surface area (Å²) in [5.74, 6) is 0.0564. The van der Waals surface area contributed by atoms with Crippen LogP contribution in [0.25, 0.3) is 10.9 Å². The molecule has 1 N–H and O–H groups in total. The summed E-state index contributed by atoms with van der Waals surface area (Å²) in [5.41, 5.74) is 2.48. The van der Waals surface area contributed by atoms with Gasteiger partial charge in [0.15, 0.2) is 5.16 Å². The lowest BCUT2D eigenvalue weighted by Crippen LogP contribution is -2.29. The summed E-state index contributed by atoms with van der Waals surface area (Å²) < 4.78 is 7.40. The minimum absolute atomic E-state index is 0.00951. The SMILES string of the molecule is CCc1ccccc1NC(=O)CSc1nc2ccccc2c(=O)n1C[C@H]1CCCO1. The van der Waals surface area contributed by atoms with Crippen LogP contribution >= 0.6 is 11.8 Å². The highest BCUT2D eigenvalue weighted by Gasteiger charge is 2.20. The van der Waals surface area contributed by atoms with E-state index in [9.17, 15) is 9.59 Å². The number of carbonyl (C=O) groups excluding carboxylic acids is 1. The van der Waals surface area contributed by atoms with Crippen molar-refractivity contribution >= 4 is 34.3 Å². The first-order valence-corrected chi connectivity index (χ1v) is 11.3. The Bertz CT molecular complexity index is 1110. The molecule has 2 aromatic carbocycles. The van der Waals surface area contributed by atoms with Crippen LogP contribution in [0.4, 0.5) is 5.69 Å². The highest BCUT2D eigenvalue weighted by Crippen LogP contribution is 2.22. The number of nitrogens with one attached hydrogen (secondary N) is 1. The summed E-state index contributed by atoms with van der Waals surface area (Å²) in [6.07, 6.45) is 2.78. The number of hydrogen-bond acceptors (Lipinski definition) is 5. The van der Waals surface area contributed by atoms with E-state index in [0.29, 0.717) is 22.6 Å². The molecular weight excluding hydrogens is 398 g/mol. The van der Waals surface area contributed by atoms with Crippen molar-refractivity contribution in [3.8, 4) is 0 Å². The largest absolute Gasteiger partial charge is 0.376 e. The predicted octanol–water partition coefficient (Wildman–Crippen LogP) is 3.87. The number of aryl methyl sites for hydroxylation is 1. The molecule has 156 valence electrons. The van der Waals surface area contributed by atoms with E-state index in [4.69, 9.17) is 4.74 Å². The Morgan fingerprint density at radius 2 is 2.03 bits per heavy atom. The third-order valence-electron chi connectivity index (χ3n) is 5.24. The number of rotatable bonds is 7. The maximum atomic E-state index is 13.1. The molecule has 0 unspecified atom stereocenters. The smallest absolute Gasteiger partial charge is 0.262 e. The average Bonchev–Trinajstić information content (AvgIpc) is 3.28. The minimum atomic E-state index is -0.119. The van der Waals surface area contributed by atoms with Crippen LogP contribution in [0.15, 0.2) is 58.5 Å². The Labute approximate surface area is 179 Å². The van der Waals surface area contributed by atoms with Crippen molar-refractivity contribution in [1.29, 1.82) is 0 Å². The molecular formula is C23H25N3O3S. The summed E-state index contributed by atoms with van der Waals surface area (Å²) in [6, 6.07) is 15.1. The summed E-state index contributed by atoms with van der Waals surface area (Å²) >= 11 is 1.28. The predicted molar refractivity (Wildman–Crippen MR) is 120 cm³/mol. The van der Waals surface area contributed by atoms with Crippen molar-refractivity contribution in [2.75, 3.05) is 17.7 Å². The summed E-state index contributed by atoms with van der Waals surface area (Å²) in [5, 5.41) is 4.11. The second kappa shape index (κ2) is 9.45. The standard InChI is InChI=1S/C23H25N3O3S/c1-2-16-8-3-5-11-19(16)24-21(27)15-30-23-25-20-12-6-4-10-18(20)22(28)26(23)14-17-9-7-13-29-17/h3-6,8,10-12,17H,2,7,9,13-15H2,1H3,(H,24,27)/t17-/m1/s1. The van der Waals surface area contributed by atoms with Crippen LogP contribution in [0.3, 0.4) is 0 Å². The molecule has 3 aromatic rings. The van der Waals surface area contributed by atoms with E-state index in [-0.39, 0.29) is 23.3 Å². The number of benzene rings is 2. The van der Waals surface area contributed by atoms with E-state index >= 15 is 0 Å². The molecule has 0 spiro atoms. The van der Waals surface area contributed by atoms with Gasteiger partial charge in [-0.2, -0.15) is 0 Å². The topological polar surface area (TPSA) is 73.2 Å². The molecule has 1 aromatic heterocycles. The number of anilines is 1. The van der Waals surface area contributed by atoms with Crippen LogP contribution < -0.4 is 10.9 Å². The average molecular weight is 424 g/mol. The Kier molecular flexibility index (Phi) is 6.50. The minimum Gasteiger partial charge on any atom is -0.376 e. The van der Waals surface area contributed by atoms with Crippen molar-refractivity contribution in [2.45, 2.75) is 44.0 Å². The molecule has 7 heteroatoms. The Morgan fingerprint density at radius 1 is 1.23 bits per heavy atom. The van der Waals surface area contributed by atoms with Gasteiger partial charge in [0.1, 0.15) is 0 Å². The fraction of sp³-hybridized carbons (Fsp3) is 0.348. The van der Waals surface area contributed by atoms with E-state index in [1.54, 1.807) is 10.6 Å². The van der Waals surface area contributed by atoms with Gasteiger partial charge >= 0.3 is 0 Å². The Balaban J connectivity index is 1.56. The number of fused-ring (bicyclic) bond motifs is 1. The molecule has 2 heterocycles. The van der Waals surface area contributed by atoms with Gasteiger partial charge in [0.2, 0.25) is 5.91 Å². The zero-order valence-corrected chi connectivity index (χ0v) is 17.8. The van der Waals surface area contributed by atoms with Gasteiger partial charge in [-0.15, -0.1) is 0 Å². The molecule has 0 aliphatic carbocycles. The number of ether oxygens (including phenoxy) is 1. The molecule has 0 saturated carbocycles. The van der Waals surface area contributed by atoms with E-state index in [1.807, 2.05) is 42.5 Å². The van der Waals surface area contributed by atoms with E-state index in [1.165, 1.54) is 11.8 Å². The fourth-order valence-electron chi connectivity index (χ4n) is 3.68. The molecule has 1 aliphatic rings. The van der Waals surface area contributed by atoms with Crippen LogP contribution in [-0.2, 0) is 22.5 Å². The van der Waals surface area contributed by atoms with Gasteiger partial charge in [0, 0.05) is 12.3 Å². The third kappa shape index (κ3) is 4.57. The van der Waals surface area contributed by atoms with E-state index in [2.05, 4.69) is 17.2 Å². The van der Waals surface area contributed by atoms with Gasteiger partial charge < -0.3 is 10.1 Å². The second-order valence-electron chi connectivity index (χ2n) is 7.31. The van der Waals surface area contributed by atoms with Gasteiger partial charge in [0.25, 0.3) is 5.56 Å². The summed E-state index contributed by atoms with van der Waals surface area (Å²) in [4.78, 5) is 30.4. The molecule has 1 saturated heterocycles. The lowest BCUT2D eigenvalue weighted by Gasteiger charge is -2.16. The van der Waals surface area contributed by atoms with Crippen LogP contribution in [0.2, 0.25) is 0 Å². The first kappa shape index (κ1) is 20.6. The number of nitrogens with zero attached hydrogens (tertiary/aromatic N) is 2. The number of amides is 1. The first-order valence-electron chi connectivity index (χ1n) is 10.3. The quantitative estimate of drug-likeness (QED) is 0.461. The molecule has 1 fully saturated rings. The van der Waals surface area contributed by atoms with Crippen molar-refractivity contribution < 1.29 is 9.53 Å². The molecule has 30 heavy (non-hydrogen) atoms. The van der Waals surface area contributed by atoms with Crippen molar-refractivity contribution in [1.82, 2.24) is 9.55 Å². The number of para-hydroxylation sites is 2. The van der Waals surface area contributed by atoms with Crippen LogP contribution in [0.5, 0.6) is 0 Å². The highest BCUT2D eigenvalue weighted by atomic mass is 32.2. The maximum absolute atomic E-state index is 13.1. The summed E-state index contributed by atoms with van der Waals surface area (Å²) in [7, 11) is 0. The third-order valence-corrected chi connectivity index (χ3v) is 6.22. The molecule has 4 rings (SSSR count). The molecule has 1 aliphatic heterocycles. The Morgan fingerprint density at radius 3 is 2.83 bits per heavy atom. The molecule has 6 nitrogen and oxygen atoms in total. The van der Waals surface area contributed by atoms with Gasteiger partial charge in [-0.1, -0.05) is 49.0 Å². The van der Waals surface area contributed by atoms with Crippen LogP contribution in [0, 0.1) is 0 Å². The Hall–Kier alpha value is -2.64. The summed E-state index contributed by atoms with van der Waals surface area (Å²) in [6.45, 7) is 3.24. The number of hydrogen-bond donors (Lipinski definition) is 1. The number of aromatic nitrogens is 2. The van der Waals surface area contributed by atoms with Crippen molar-refractivity contribution in [3.63, 3.8) is 0 Å². The van der Waals surface area contributed by atoms with Gasteiger partial charge in [0.05, 0.1) is 29.3 Å². The molecule has 1 atom stereocenters. The first-order chi connectivity index (χ1) is 14.7. The van der Waals surface area contributed by atoms with Crippen molar-refractivity contribution in [2.24, 2.45) is 0 Å². The van der Waals surface area contributed by atoms with Gasteiger partial charge in [-0.25, -0.2) is 4.98 Å². The second-order valence-corrected chi connectivity index (χ2v) is 8.25. The monoisotopic (exact) mass is 423 g/mol. The zero-order valence-electron chi connectivity index (χ0n) is 17.0. The zero-order chi connectivity index (χ0) is 20.9. The van der Waals surface area contributed by atoms with Gasteiger partial charge in [-0.3, -0.25) is 14.2 Å². The lowest BCUT2D eigenvalue weighted by molar-refractivity contribution is -0.113. The van der Waals surface area contributed by atoms with Crippen molar-refractivity contribution in [3.05, 3.63) is 64.4 Å². The number of carbonyl (C=O) groups is 1. The van der Waals surface area contributed by atoms with E-state index < -0.39 is 0 Å². The normalized spacial score (nSPS) is 16.1. The fourth-order valence-corrected chi connectivity index (χ4v) is 4.49.